The van der Waals surface area contributed by atoms with Gasteiger partial charge in [-0.05, 0) is 56.5 Å². The van der Waals surface area contributed by atoms with Crippen LogP contribution in [0, 0.1) is 0 Å². The maximum Gasteiger partial charge on any atom is 0.295 e. The van der Waals surface area contributed by atoms with Gasteiger partial charge in [0.1, 0.15) is 17.3 Å². The number of Topliss-reactive ketones (excluding diaryl/α,β-unsaturated/α-hetero) is 1. The molecular formula is C26H29NO6. The number of ether oxygens (including phenoxy) is 3. The van der Waals surface area contributed by atoms with Crippen molar-refractivity contribution in [2.75, 3.05) is 26.9 Å². The highest BCUT2D eigenvalue weighted by Gasteiger charge is 2.46. The molecule has 2 aliphatic heterocycles. The molecule has 2 heterocycles. The number of ketones is 1. The zero-order chi connectivity index (χ0) is 23.5. The molecule has 0 aromatic heterocycles. The van der Waals surface area contributed by atoms with E-state index in [2.05, 4.69) is 0 Å². The summed E-state index contributed by atoms with van der Waals surface area (Å²) in [5.41, 5.74) is 2.13. The van der Waals surface area contributed by atoms with Crippen molar-refractivity contribution in [2.24, 2.45) is 0 Å². The van der Waals surface area contributed by atoms with E-state index in [0.29, 0.717) is 23.5 Å². The fraction of sp³-hybridized carbons (Fsp3) is 0.385. The van der Waals surface area contributed by atoms with Gasteiger partial charge in [-0.1, -0.05) is 18.2 Å². The lowest BCUT2D eigenvalue weighted by Crippen LogP contribution is -2.33. The normalized spacial score (nSPS) is 19.5. The van der Waals surface area contributed by atoms with Crippen molar-refractivity contribution in [3.8, 4) is 11.5 Å². The van der Waals surface area contributed by atoms with Gasteiger partial charge < -0.3 is 24.2 Å². The summed E-state index contributed by atoms with van der Waals surface area (Å²) in [6.07, 6.45) is 1.70. The number of para-hydroxylation sites is 1. The maximum atomic E-state index is 13.2. The molecule has 2 aromatic rings. The monoisotopic (exact) mass is 451 g/mol. The number of aliphatic hydroxyl groups is 1. The zero-order valence-electron chi connectivity index (χ0n) is 19.2. The molecule has 174 valence electrons. The second-order valence-electron chi connectivity index (χ2n) is 8.43. The molecule has 0 saturated carbocycles. The smallest absolute Gasteiger partial charge is 0.295 e. The van der Waals surface area contributed by atoms with E-state index < -0.39 is 17.7 Å². The largest absolute Gasteiger partial charge is 0.507 e. The van der Waals surface area contributed by atoms with Crippen LogP contribution in [0.4, 0.5) is 0 Å². The molecule has 0 bridgehead atoms. The zero-order valence-corrected chi connectivity index (χ0v) is 19.2. The Hall–Kier alpha value is -3.32. The second kappa shape index (κ2) is 9.67. The van der Waals surface area contributed by atoms with Gasteiger partial charge in [0.05, 0.1) is 38.0 Å². The molecule has 33 heavy (non-hydrogen) atoms. The van der Waals surface area contributed by atoms with Gasteiger partial charge in [0, 0.05) is 17.7 Å². The highest BCUT2D eigenvalue weighted by molar-refractivity contribution is 6.46. The summed E-state index contributed by atoms with van der Waals surface area (Å²) in [4.78, 5) is 27.7. The molecule has 1 N–H and O–H groups in total. The van der Waals surface area contributed by atoms with Crippen molar-refractivity contribution in [1.29, 1.82) is 0 Å². The van der Waals surface area contributed by atoms with E-state index in [1.165, 1.54) is 12.0 Å². The molecule has 0 aliphatic carbocycles. The van der Waals surface area contributed by atoms with Gasteiger partial charge >= 0.3 is 0 Å². The average Bonchev–Trinajstić information content (AvgIpc) is 3.08. The van der Waals surface area contributed by atoms with Crippen molar-refractivity contribution in [2.45, 2.75) is 38.8 Å². The number of fused-ring (bicyclic) bond motifs is 1. The quantitative estimate of drug-likeness (QED) is 0.391. The van der Waals surface area contributed by atoms with Crippen LogP contribution in [0.1, 0.15) is 43.0 Å². The first-order chi connectivity index (χ1) is 15.9. The average molecular weight is 452 g/mol. The van der Waals surface area contributed by atoms with Gasteiger partial charge in [-0.25, -0.2) is 0 Å². The van der Waals surface area contributed by atoms with E-state index >= 15 is 0 Å². The van der Waals surface area contributed by atoms with Crippen LogP contribution in [0.3, 0.4) is 0 Å². The number of carbonyl (C=O) groups is 2. The van der Waals surface area contributed by atoms with Gasteiger partial charge in [0.15, 0.2) is 0 Å². The van der Waals surface area contributed by atoms with E-state index in [-0.39, 0.29) is 30.6 Å². The summed E-state index contributed by atoms with van der Waals surface area (Å²) >= 11 is 0. The summed E-state index contributed by atoms with van der Waals surface area (Å²) in [7, 11) is 1.54. The third-order valence-corrected chi connectivity index (χ3v) is 5.94. The Kier molecular flexibility index (Phi) is 6.70. The van der Waals surface area contributed by atoms with E-state index in [1.54, 1.807) is 24.3 Å². The first-order valence-electron chi connectivity index (χ1n) is 11.2. The topological polar surface area (TPSA) is 85.3 Å². The van der Waals surface area contributed by atoms with Crippen molar-refractivity contribution in [3.05, 3.63) is 64.7 Å². The highest BCUT2D eigenvalue weighted by Crippen LogP contribution is 2.43. The van der Waals surface area contributed by atoms with E-state index in [1.807, 2.05) is 32.0 Å². The number of carbonyl (C=O) groups excluding carboxylic acids is 2. The Labute approximate surface area is 193 Å². The molecule has 0 radical (unpaired) electrons. The van der Waals surface area contributed by atoms with Crippen LogP contribution >= 0.6 is 0 Å². The number of methoxy groups -OCH3 is 1. The fourth-order valence-corrected chi connectivity index (χ4v) is 4.38. The van der Waals surface area contributed by atoms with Crippen molar-refractivity contribution >= 4 is 17.4 Å². The van der Waals surface area contributed by atoms with Gasteiger partial charge in [-0.2, -0.15) is 0 Å². The summed E-state index contributed by atoms with van der Waals surface area (Å²) in [5, 5.41) is 11.3. The predicted octanol–water partition coefficient (Wildman–Crippen LogP) is 3.87. The number of amides is 1. The number of aliphatic hydroxyl groups excluding tert-OH is 1. The van der Waals surface area contributed by atoms with Crippen LogP contribution < -0.4 is 9.47 Å². The van der Waals surface area contributed by atoms with Gasteiger partial charge in [0.25, 0.3) is 11.7 Å². The summed E-state index contributed by atoms with van der Waals surface area (Å²) in [5.74, 6) is -0.276. The van der Waals surface area contributed by atoms with Crippen LogP contribution in [-0.4, -0.2) is 54.7 Å². The van der Waals surface area contributed by atoms with Crippen molar-refractivity contribution in [1.82, 2.24) is 4.90 Å². The number of nitrogens with zero attached hydrogens (tertiary/aromatic N) is 1. The SMILES string of the molecule is COc1ccccc1C1/C(=C(\O)c2ccc3c(c2)CCCO3)C(=O)C(=O)N1CCOC(C)C. The van der Waals surface area contributed by atoms with Gasteiger partial charge in [-0.3, -0.25) is 9.59 Å². The molecule has 1 unspecified atom stereocenters. The molecule has 7 heteroatoms. The van der Waals surface area contributed by atoms with Crippen LogP contribution in [0.25, 0.3) is 5.76 Å². The van der Waals surface area contributed by atoms with Crippen LogP contribution in [0.5, 0.6) is 11.5 Å². The summed E-state index contributed by atoms with van der Waals surface area (Å²) in [6, 6.07) is 11.8. The Bertz CT molecular complexity index is 1090. The van der Waals surface area contributed by atoms with Crippen LogP contribution in [0.2, 0.25) is 0 Å². The molecule has 1 fully saturated rings. The predicted molar refractivity (Wildman–Crippen MR) is 123 cm³/mol. The minimum Gasteiger partial charge on any atom is -0.507 e. The van der Waals surface area contributed by atoms with Gasteiger partial charge in [-0.15, -0.1) is 0 Å². The molecule has 2 aromatic carbocycles. The van der Waals surface area contributed by atoms with Crippen LogP contribution in [-0.2, 0) is 20.7 Å². The van der Waals surface area contributed by atoms with Gasteiger partial charge in [0.2, 0.25) is 0 Å². The lowest BCUT2D eigenvalue weighted by atomic mass is 9.93. The Morgan fingerprint density at radius 1 is 1.21 bits per heavy atom. The highest BCUT2D eigenvalue weighted by atomic mass is 16.5. The first kappa shape index (κ1) is 22.9. The summed E-state index contributed by atoms with van der Waals surface area (Å²) < 4.78 is 16.8. The van der Waals surface area contributed by atoms with E-state index in [9.17, 15) is 14.7 Å². The second-order valence-corrected chi connectivity index (χ2v) is 8.43. The Balaban J connectivity index is 1.82. The third kappa shape index (κ3) is 4.46. The minimum absolute atomic E-state index is 0.00996. The molecule has 0 spiro atoms. The molecule has 1 atom stereocenters. The molecule has 2 aliphatic rings. The molecule has 1 amide bonds. The number of hydrogen-bond donors (Lipinski definition) is 1. The van der Waals surface area contributed by atoms with E-state index in [0.717, 1.165) is 24.2 Å². The lowest BCUT2D eigenvalue weighted by molar-refractivity contribution is -0.140. The lowest BCUT2D eigenvalue weighted by Gasteiger charge is -2.27. The molecule has 7 nitrogen and oxygen atoms in total. The third-order valence-electron chi connectivity index (χ3n) is 5.94. The number of likely N-dealkylation sites (tertiary alicyclic amines) is 1. The number of rotatable bonds is 7. The molecule has 4 rings (SSSR count). The van der Waals surface area contributed by atoms with Crippen molar-refractivity contribution < 1.29 is 28.9 Å². The van der Waals surface area contributed by atoms with Crippen molar-refractivity contribution in [3.63, 3.8) is 0 Å². The number of benzene rings is 2. The van der Waals surface area contributed by atoms with Crippen LogP contribution in [0.15, 0.2) is 48.0 Å². The Morgan fingerprint density at radius 2 is 2.00 bits per heavy atom. The minimum atomic E-state index is -0.788. The Morgan fingerprint density at radius 3 is 2.76 bits per heavy atom. The summed E-state index contributed by atoms with van der Waals surface area (Å²) in [6.45, 7) is 4.96. The fourth-order valence-electron chi connectivity index (χ4n) is 4.38. The van der Waals surface area contributed by atoms with E-state index in [4.69, 9.17) is 14.2 Å². The standard InChI is InChI=1S/C26H29NO6/c1-16(2)32-14-12-27-23(19-8-4-5-9-21(19)31-3)22(25(29)26(27)30)24(28)18-10-11-20-17(15-18)7-6-13-33-20/h4-5,8-11,15-16,23,28H,6-7,12-14H2,1-3H3/b24-22+. The number of aryl methyl sites for hydroxylation is 1. The number of hydrogen-bond acceptors (Lipinski definition) is 6. The molecular weight excluding hydrogens is 422 g/mol. The maximum absolute atomic E-state index is 13.2. The molecule has 1 saturated heterocycles. The first-order valence-corrected chi connectivity index (χ1v) is 11.2.